The molecule has 4 N–H and O–H groups in total. The van der Waals surface area contributed by atoms with E-state index in [4.69, 9.17) is 16.2 Å². The van der Waals surface area contributed by atoms with E-state index in [1.165, 1.54) is 0 Å². The van der Waals surface area contributed by atoms with Crippen LogP contribution in [0.1, 0.15) is 12.0 Å². The zero-order chi connectivity index (χ0) is 25.1. The van der Waals surface area contributed by atoms with Gasteiger partial charge in [0.2, 0.25) is 0 Å². The van der Waals surface area contributed by atoms with Crippen molar-refractivity contribution in [2.24, 2.45) is 16.5 Å². The summed E-state index contributed by atoms with van der Waals surface area (Å²) in [6, 6.07) is 17.5. The van der Waals surface area contributed by atoms with E-state index in [0.29, 0.717) is 40.4 Å². The standard InChI is InChI=1S/C26H25N5O4/c1-16-4-3-14-30(25(16)33)18-7-9-19(10-8-18)31-15-13-21(22(27)24(28)32)23(26(31)34)29-17-5-11-20(35-2)12-6-17/h3-12,14H,13,15,27H2,1-2H3,(H2,28,32). The minimum atomic E-state index is -0.809. The fourth-order valence-corrected chi connectivity index (χ4v) is 3.86. The van der Waals surface area contributed by atoms with E-state index in [1.807, 2.05) is 0 Å². The summed E-state index contributed by atoms with van der Waals surface area (Å²) in [5.74, 6) is -0.575. The molecule has 1 aliphatic rings. The van der Waals surface area contributed by atoms with Crippen LogP contribution < -0.4 is 26.7 Å². The first-order chi connectivity index (χ1) is 16.8. The maximum atomic E-state index is 13.5. The number of hydrogen-bond acceptors (Lipinski definition) is 6. The van der Waals surface area contributed by atoms with Gasteiger partial charge >= 0.3 is 0 Å². The molecular formula is C26H25N5O4. The molecule has 1 aromatic heterocycles. The Bertz CT molecular complexity index is 1400. The number of hydrogen-bond donors (Lipinski definition) is 2. The van der Waals surface area contributed by atoms with Gasteiger partial charge in [-0.3, -0.25) is 19.0 Å². The van der Waals surface area contributed by atoms with Gasteiger partial charge in [-0.25, -0.2) is 4.99 Å². The fourth-order valence-electron chi connectivity index (χ4n) is 3.86. The number of carbonyl (C=O) groups excluding carboxylic acids is 2. The lowest BCUT2D eigenvalue weighted by atomic mass is 9.97. The SMILES string of the molecule is COc1ccc(N=C2C(=O)N(c3ccc(-n4cccc(C)c4=O)cc3)CCC2=C(N)C(N)=O)cc1. The highest BCUT2D eigenvalue weighted by molar-refractivity contribution is 6.51. The van der Waals surface area contributed by atoms with Crippen LogP contribution in [0.15, 0.2) is 87.9 Å². The quantitative estimate of drug-likeness (QED) is 0.551. The van der Waals surface area contributed by atoms with Gasteiger partial charge in [0.1, 0.15) is 17.2 Å². The zero-order valence-electron chi connectivity index (χ0n) is 19.4. The Morgan fingerprint density at radius 3 is 2.26 bits per heavy atom. The highest BCUT2D eigenvalue weighted by Gasteiger charge is 2.32. The van der Waals surface area contributed by atoms with Crippen molar-refractivity contribution in [3.63, 3.8) is 0 Å². The Hall–Kier alpha value is -4.66. The molecule has 2 heterocycles. The van der Waals surface area contributed by atoms with Gasteiger partial charge in [-0.05, 0) is 67.9 Å². The molecule has 1 saturated heterocycles. The largest absolute Gasteiger partial charge is 0.497 e. The maximum absolute atomic E-state index is 13.5. The molecule has 9 nitrogen and oxygen atoms in total. The molecule has 0 bridgehead atoms. The lowest BCUT2D eigenvalue weighted by molar-refractivity contribution is -0.114. The number of aryl methyl sites for hydroxylation is 1. The number of piperidine rings is 1. The van der Waals surface area contributed by atoms with Gasteiger partial charge in [0.15, 0.2) is 0 Å². The van der Waals surface area contributed by atoms with Crippen LogP contribution in [0, 0.1) is 6.92 Å². The molecule has 0 spiro atoms. The molecule has 4 rings (SSSR count). The summed E-state index contributed by atoms with van der Waals surface area (Å²) < 4.78 is 6.71. The number of carbonyl (C=O) groups is 2. The number of rotatable bonds is 5. The monoisotopic (exact) mass is 471 g/mol. The van der Waals surface area contributed by atoms with E-state index in [-0.39, 0.29) is 23.5 Å². The van der Waals surface area contributed by atoms with E-state index in [0.717, 1.165) is 0 Å². The van der Waals surface area contributed by atoms with Crippen molar-refractivity contribution in [2.75, 3.05) is 18.6 Å². The number of benzene rings is 2. The van der Waals surface area contributed by atoms with Gasteiger partial charge in [-0.1, -0.05) is 6.07 Å². The highest BCUT2D eigenvalue weighted by Crippen LogP contribution is 2.27. The number of amides is 2. The molecule has 0 aliphatic carbocycles. The molecule has 35 heavy (non-hydrogen) atoms. The van der Waals surface area contributed by atoms with Crippen LogP contribution >= 0.6 is 0 Å². The fraction of sp³-hybridized carbons (Fsp3) is 0.154. The Balaban J connectivity index is 1.71. The van der Waals surface area contributed by atoms with Gasteiger partial charge in [0.05, 0.1) is 12.8 Å². The Morgan fingerprint density at radius 1 is 0.971 bits per heavy atom. The van der Waals surface area contributed by atoms with Crippen LogP contribution in [-0.2, 0) is 9.59 Å². The second kappa shape index (κ2) is 9.68. The number of nitrogens with zero attached hydrogens (tertiary/aromatic N) is 3. The van der Waals surface area contributed by atoms with Gasteiger partial charge in [-0.2, -0.15) is 0 Å². The topological polar surface area (TPSA) is 133 Å². The van der Waals surface area contributed by atoms with E-state index in [1.54, 1.807) is 90.4 Å². The van der Waals surface area contributed by atoms with Crippen LogP contribution in [0.5, 0.6) is 5.75 Å². The van der Waals surface area contributed by atoms with Crippen molar-refractivity contribution in [3.8, 4) is 11.4 Å². The normalized spacial score (nSPS) is 16.3. The minimum absolute atomic E-state index is 0.0525. The summed E-state index contributed by atoms with van der Waals surface area (Å²) in [5, 5.41) is 0. The van der Waals surface area contributed by atoms with Crippen molar-refractivity contribution in [1.82, 2.24) is 4.57 Å². The van der Waals surface area contributed by atoms with Crippen LogP contribution in [0.25, 0.3) is 5.69 Å². The van der Waals surface area contributed by atoms with Crippen molar-refractivity contribution >= 4 is 28.9 Å². The summed E-state index contributed by atoms with van der Waals surface area (Å²) >= 11 is 0. The summed E-state index contributed by atoms with van der Waals surface area (Å²) in [6.45, 7) is 2.04. The van der Waals surface area contributed by atoms with Crippen molar-refractivity contribution in [1.29, 1.82) is 0 Å². The number of aromatic nitrogens is 1. The average Bonchev–Trinajstić information content (AvgIpc) is 2.87. The lowest BCUT2D eigenvalue weighted by Crippen LogP contribution is -2.44. The summed E-state index contributed by atoms with van der Waals surface area (Å²) in [6.07, 6.45) is 1.99. The molecule has 3 aromatic rings. The molecular weight excluding hydrogens is 446 g/mol. The molecule has 1 fully saturated rings. The maximum Gasteiger partial charge on any atom is 0.277 e. The highest BCUT2D eigenvalue weighted by atomic mass is 16.5. The van der Waals surface area contributed by atoms with Gasteiger partial charge in [-0.15, -0.1) is 0 Å². The first-order valence-corrected chi connectivity index (χ1v) is 10.9. The first kappa shape index (κ1) is 23.5. The number of pyridine rings is 1. The van der Waals surface area contributed by atoms with Crippen LogP contribution in [0.2, 0.25) is 0 Å². The minimum Gasteiger partial charge on any atom is -0.497 e. The van der Waals surface area contributed by atoms with Gasteiger partial charge in [0, 0.05) is 35.3 Å². The summed E-state index contributed by atoms with van der Waals surface area (Å²) in [7, 11) is 1.55. The summed E-state index contributed by atoms with van der Waals surface area (Å²) in [5.41, 5.74) is 13.9. The third kappa shape index (κ3) is 4.70. The smallest absolute Gasteiger partial charge is 0.277 e. The Morgan fingerprint density at radius 2 is 1.63 bits per heavy atom. The third-order valence-corrected chi connectivity index (χ3v) is 5.80. The summed E-state index contributed by atoms with van der Waals surface area (Å²) in [4.78, 5) is 43.8. The molecule has 1 aliphatic heterocycles. The van der Waals surface area contributed by atoms with E-state index in [2.05, 4.69) is 4.99 Å². The third-order valence-electron chi connectivity index (χ3n) is 5.80. The van der Waals surface area contributed by atoms with E-state index >= 15 is 0 Å². The molecule has 9 heteroatoms. The molecule has 2 amide bonds. The number of aliphatic imine (C=N–C) groups is 1. The molecule has 0 radical (unpaired) electrons. The average molecular weight is 472 g/mol. The Kier molecular flexibility index (Phi) is 6.50. The van der Waals surface area contributed by atoms with Crippen LogP contribution in [-0.4, -0.2) is 35.7 Å². The predicted octanol–water partition coefficient (Wildman–Crippen LogP) is 2.36. The molecule has 0 unspecified atom stereocenters. The number of methoxy groups -OCH3 is 1. The zero-order valence-corrected chi connectivity index (χ0v) is 19.4. The molecule has 178 valence electrons. The van der Waals surface area contributed by atoms with Gasteiger partial charge < -0.3 is 21.1 Å². The van der Waals surface area contributed by atoms with Gasteiger partial charge in [0.25, 0.3) is 17.4 Å². The number of primary amides is 1. The molecule has 0 saturated carbocycles. The van der Waals surface area contributed by atoms with Crippen molar-refractivity contribution < 1.29 is 14.3 Å². The van der Waals surface area contributed by atoms with E-state index in [9.17, 15) is 14.4 Å². The predicted molar refractivity (Wildman–Crippen MR) is 134 cm³/mol. The van der Waals surface area contributed by atoms with Crippen LogP contribution in [0.4, 0.5) is 11.4 Å². The van der Waals surface area contributed by atoms with Crippen molar-refractivity contribution in [2.45, 2.75) is 13.3 Å². The number of anilines is 1. The lowest BCUT2D eigenvalue weighted by Gasteiger charge is -2.30. The second-order valence-electron chi connectivity index (χ2n) is 8.00. The molecule has 2 aromatic carbocycles. The number of nitrogens with two attached hydrogens (primary N) is 2. The van der Waals surface area contributed by atoms with Crippen LogP contribution in [0.3, 0.4) is 0 Å². The molecule has 0 atom stereocenters. The van der Waals surface area contributed by atoms with E-state index < -0.39 is 11.8 Å². The Labute approximate surface area is 201 Å². The van der Waals surface area contributed by atoms with Crippen molar-refractivity contribution in [3.05, 3.63) is 94.0 Å². The second-order valence-corrected chi connectivity index (χ2v) is 8.00. The first-order valence-electron chi connectivity index (χ1n) is 10.9. The number of ether oxygens (including phenoxy) is 1.